The van der Waals surface area contributed by atoms with E-state index in [9.17, 15) is 4.79 Å². The largest absolute Gasteiger partial charge is 0.317 e. The summed E-state index contributed by atoms with van der Waals surface area (Å²) in [5, 5.41) is 16.3. The van der Waals surface area contributed by atoms with E-state index in [0.29, 0.717) is 33.9 Å². The van der Waals surface area contributed by atoms with Gasteiger partial charge in [0.1, 0.15) is 17.5 Å². The fraction of sp³-hybridized carbons (Fsp3) is 0.0476. The fourth-order valence-corrected chi connectivity index (χ4v) is 2.82. The van der Waals surface area contributed by atoms with E-state index in [1.807, 2.05) is 24.3 Å². The van der Waals surface area contributed by atoms with Gasteiger partial charge in [-0.25, -0.2) is 4.98 Å². The first-order valence-corrected chi connectivity index (χ1v) is 8.73. The van der Waals surface area contributed by atoms with Gasteiger partial charge >= 0.3 is 0 Å². The maximum absolute atomic E-state index is 12.8. The highest BCUT2D eigenvalue weighted by Gasteiger charge is 2.16. The molecule has 0 aromatic carbocycles. The summed E-state index contributed by atoms with van der Waals surface area (Å²) >= 11 is 0. The average Bonchev–Trinajstić information content (AvgIpc) is 3.14. The second-order valence-electron chi connectivity index (χ2n) is 6.22. The van der Waals surface area contributed by atoms with Gasteiger partial charge in [-0.3, -0.25) is 19.4 Å². The molecule has 140 valence electrons. The van der Waals surface area contributed by atoms with Crippen molar-refractivity contribution in [3.63, 3.8) is 0 Å². The number of nitriles is 1. The van der Waals surface area contributed by atoms with Crippen molar-refractivity contribution in [3.05, 3.63) is 78.5 Å². The molecule has 4 heterocycles. The number of hydrogen-bond acceptors (Lipinski definition) is 6. The molecule has 0 saturated carbocycles. The van der Waals surface area contributed by atoms with Crippen LogP contribution in [0.15, 0.2) is 67.3 Å². The van der Waals surface area contributed by atoms with Crippen LogP contribution in [0.25, 0.3) is 22.6 Å². The molecule has 0 aliphatic carbocycles. The third kappa shape index (κ3) is 3.84. The van der Waals surface area contributed by atoms with Crippen LogP contribution >= 0.6 is 0 Å². The monoisotopic (exact) mass is 381 g/mol. The van der Waals surface area contributed by atoms with E-state index in [-0.39, 0.29) is 11.6 Å². The van der Waals surface area contributed by atoms with Crippen molar-refractivity contribution < 1.29 is 4.79 Å². The van der Waals surface area contributed by atoms with Crippen molar-refractivity contribution in [2.24, 2.45) is 7.05 Å². The molecular formula is C21H15N7O. The smallest absolute Gasteiger partial charge is 0.274 e. The van der Waals surface area contributed by atoms with Gasteiger partial charge < -0.3 is 5.32 Å². The normalized spacial score (nSPS) is 10.3. The van der Waals surface area contributed by atoms with E-state index >= 15 is 0 Å². The average molecular weight is 381 g/mol. The van der Waals surface area contributed by atoms with E-state index < -0.39 is 0 Å². The molecule has 0 fully saturated rings. The zero-order chi connectivity index (χ0) is 20.2. The SMILES string of the molecule is Cn1cc(NC(=O)c2cccc(-c3cncc(C#N)c3)n2)c(-c2ccccn2)n1. The number of carbonyl (C=O) groups is 1. The number of anilines is 1. The Labute approximate surface area is 166 Å². The lowest BCUT2D eigenvalue weighted by Crippen LogP contribution is -2.14. The summed E-state index contributed by atoms with van der Waals surface area (Å²) in [6.45, 7) is 0. The van der Waals surface area contributed by atoms with Crippen LogP contribution in [0, 0.1) is 11.3 Å². The van der Waals surface area contributed by atoms with Crippen LogP contribution < -0.4 is 5.32 Å². The minimum absolute atomic E-state index is 0.237. The van der Waals surface area contributed by atoms with E-state index in [2.05, 4.69) is 25.4 Å². The lowest BCUT2D eigenvalue weighted by molar-refractivity contribution is 0.102. The van der Waals surface area contributed by atoms with Crippen molar-refractivity contribution in [1.29, 1.82) is 5.26 Å². The molecule has 0 aliphatic rings. The Morgan fingerprint density at radius 3 is 2.79 bits per heavy atom. The molecule has 0 aliphatic heterocycles. The van der Waals surface area contributed by atoms with Crippen LogP contribution in [-0.4, -0.2) is 30.6 Å². The molecule has 0 saturated heterocycles. The number of aryl methyl sites for hydroxylation is 1. The highest BCUT2D eigenvalue weighted by Crippen LogP contribution is 2.25. The van der Waals surface area contributed by atoms with Gasteiger partial charge in [0.15, 0.2) is 0 Å². The number of pyridine rings is 3. The number of amides is 1. The molecule has 4 aromatic heterocycles. The minimum Gasteiger partial charge on any atom is -0.317 e. The second kappa shape index (κ2) is 7.70. The van der Waals surface area contributed by atoms with E-state index in [0.717, 1.165) is 0 Å². The first-order valence-electron chi connectivity index (χ1n) is 8.73. The number of carbonyl (C=O) groups excluding carboxylic acids is 1. The summed E-state index contributed by atoms with van der Waals surface area (Å²) in [5.74, 6) is -0.374. The Kier molecular flexibility index (Phi) is 4.78. The molecule has 1 amide bonds. The van der Waals surface area contributed by atoms with E-state index in [4.69, 9.17) is 5.26 Å². The van der Waals surface area contributed by atoms with Crippen molar-refractivity contribution in [3.8, 4) is 28.7 Å². The van der Waals surface area contributed by atoms with E-state index in [1.165, 1.54) is 6.20 Å². The van der Waals surface area contributed by atoms with Crippen LogP contribution in [-0.2, 0) is 7.05 Å². The van der Waals surface area contributed by atoms with Crippen LogP contribution in [0.2, 0.25) is 0 Å². The molecule has 0 radical (unpaired) electrons. The quantitative estimate of drug-likeness (QED) is 0.582. The summed E-state index contributed by atoms with van der Waals surface area (Å²) in [6, 6.07) is 14.3. The van der Waals surface area contributed by atoms with Gasteiger partial charge in [0.2, 0.25) is 0 Å². The van der Waals surface area contributed by atoms with Gasteiger partial charge in [0, 0.05) is 37.4 Å². The summed E-state index contributed by atoms with van der Waals surface area (Å²) < 4.78 is 1.61. The van der Waals surface area contributed by atoms with Crippen LogP contribution in [0.5, 0.6) is 0 Å². The Hall–Kier alpha value is -4.38. The number of rotatable bonds is 4. The fourth-order valence-electron chi connectivity index (χ4n) is 2.82. The van der Waals surface area contributed by atoms with Crippen molar-refractivity contribution in [2.75, 3.05) is 5.32 Å². The standard InChI is InChI=1S/C21H15N7O/c1-28-13-19(20(27-28)17-5-2-3-8-24-17)26-21(29)18-7-4-6-16(25-18)15-9-14(10-22)11-23-12-15/h2-9,11-13H,1H3,(H,26,29). The van der Waals surface area contributed by atoms with Gasteiger partial charge in [-0.15, -0.1) is 0 Å². The number of nitrogens with zero attached hydrogens (tertiary/aromatic N) is 6. The van der Waals surface area contributed by atoms with E-state index in [1.54, 1.807) is 54.6 Å². The van der Waals surface area contributed by atoms with Gasteiger partial charge in [0.25, 0.3) is 5.91 Å². The predicted molar refractivity (Wildman–Crippen MR) is 107 cm³/mol. The third-order valence-electron chi connectivity index (χ3n) is 4.13. The highest BCUT2D eigenvalue weighted by molar-refractivity contribution is 6.04. The molecule has 8 heteroatoms. The van der Waals surface area contributed by atoms with Gasteiger partial charge in [0.05, 0.1) is 22.6 Å². The maximum Gasteiger partial charge on any atom is 0.274 e. The Balaban J connectivity index is 1.63. The lowest BCUT2D eigenvalue weighted by Gasteiger charge is -2.07. The molecule has 1 N–H and O–H groups in total. The van der Waals surface area contributed by atoms with Crippen LogP contribution in [0.4, 0.5) is 5.69 Å². The molecule has 0 spiro atoms. The van der Waals surface area contributed by atoms with Crippen LogP contribution in [0.3, 0.4) is 0 Å². The van der Waals surface area contributed by atoms with Crippen molar-refractivity contribution >= 4 is 11.6 Å². The summed E-state index contributed by atoms with van der Waals surface area (Å²) in [7, 11) is 1.77. The Bertz CT molecular complexity index is 1230. The molecule has 29 heavy (non-hydrogen) atoms. The number of aromatic nitrogens is 5. The Morgan fingerprint density at radius 2 is 2.00 bits per heavy atom. The number of hydrogen-bond donors (Lipinski definition) is 1. The van der Waals surface area contributed by atoms with Gasteiger partial charge in [-0.1, -0.05) is 12.1 Å². The molecule has 0 atom stereocenters. The molecule has 8 nitrogen and oxygen atoms in total. The summed E-state index contributed by atoms with van der Waals surface area (Å²) in [6.07, 6.45) is 6.46. The predicted octanol–water partition coefficient (Wildman–Crippen LogP) is 3.06. The van der Waals surface area contributed by atoms with Gasteiger partial charge in [-0.05, 0) is 30.3 Å². The lowest BCUT2D eigenvalue weighted by atomic mass is 10.1. The zero-order valence-corrected chi connectivity index (χ0v) is 15.4. The second-order valence-corrected chi connectivity index (χ2v) is 6.22. The molecule has 0 unspecified atom stereocenters. The minimum atomic E-state index is -0.374. The summed E-state index contributed by atoms with van der Waals surface area (Å²) in [5.41, 5.74) is 3.65. The number of nitrogens with one attached hydrogen (secondary N) is 1. The summed E-state index contributed by atoms with van der Waals surface area (Å²) in [4.78, 5) is 25.6. The molecule has 4 rings (SSSR count). The molecular weight excluding hydrogens is 366 g/mol. The third-order valence-corrected chi connectivity index (χ3v) is 4.13. The van der Waals surface area contributed by atoms with Crippen LogP contribution in [0.1, 0.15) is 16.1 Å². The van der Waals surface area contributed by atoms with Gasteiger partial charge in [-0.2, -0.15) is 10.4 Å². The highest BCUT2D eigenvalue weighted by atomic mass is 16.1. The topological polar surface area (TPSA) is 109 Å². The first-order chi connectivity index (χ1) is 14.1. The zero-order valence-electron chi connectivity index (χ0n) is 15.4. The van der Waals surface area contributed by atoms with Crippen molar-refractivity contribution in [2.45, 2.75) is 0 Å². The molecule has 0 bridgehead atoms. The molecule has 4 aromatic rings. The van der Waals surface area contributed by atoms with Crippen molar-refractivity contribution in [1.82, 2.24) is 24.7 Å². The first kappa shape index (κ1) is 18.0. The Morgan fingerprint density at radius 1 is 1.14 bits per heavy atom. The maximum atomic E-state index is 12.8.